The van der Waals surface area contributed by atoms with E-state index in [1.807, 2.05) is 36.4 Å². The fourth-order valence-electron chi connectivity index (χ4n) is 4.26. The first kappa shape index (κ1) is 24.2. The Kier molecular flexibility index (Phi) is 10.7. The van der Waals surface area contributed by atoms with Crippen molar-refractivity contribution in [1.82, 2.24) is 0 Å². The molecule has 30 heavy (non-hydrogen) atoms. The molecule has 3 heteroatoms. The third-order valence-corrected chi connectivity index (χ3v) is 12.7. The summed E-state index contributed by atoms with van der Waals surface area (Å²) in [5, 5.41) is 8.90. The molecule has 0 aliphatic heterocycles. The Morgan fingerprint density at radius 1 is 0.700 bits per heavy atom. The van der Waals surface area contributed by atoms with Crippen molar-refractivity contribution in [3.63, 3.8) is 0 Å². The monoisotopic (exact) mass is 421 g/mol. The van der Waals surface area contributed by atoms with Gasteiger partial charge in [-0.1, -0.05) is 101 Å². The highest BCUT2D eigenvalue weighted by Gasteiger charge is 2.25. The summed E-state index contributed by atoms with van der Waals surface area (Å²) >= 11 is 0. The van der Waals surface area contributed by atoms with Gasteiger partial charge in [-0.05, 0) is 41.8 Å². The highest BCUT2D eigenvalue weighted by Crippen LogP contribution is 2.28. The average molecular weight is 422 g/mol. The number of rotatable bonds is 14. The van der Waals surface area contributed by atoms with Crippen molar-refractivity contribution < 1.29 is 4.74 Å². The van der Waals surface area contributed by atoms with Crippen LogP contribution in [0.25, 0.3) is 11.1 Å². The Hall–Kier alpha value is -2.05. The Morgan fingerprint density at radius 3 is 1.73 bits per heavy atom. The van der Waals surface area contributed by atoms with E-state index in [2.05, 4.69) is 39.0 Å². The van der Waals surface area contributed by atoms with Crippen LogP contribution >= 0.6 is 0 Å². The Labute approximate surface area is 185 Å². The van der Waals surface area contributed by atoms with Crippen molar-refractivity contribution in [2.75, 3.05) is 6.61 Å². The number of ether oxygens (including phenoxy) is 1. The van der Waals surface area contributed by atoms with Gasteiger partial charge in [0.05, 0.1) is 26.3 Å². The zero-order valence-electron chi connectivity index (χ0n) is 19.3. The van der Waals surface area contributed by atoms with Gasteiger partial charge in [0.2, 0.25) is 0 Å². The van der Waals surface area contributed by atoms with E-state index >= 15 is 0 Å². The Bertz CT molecular complexity index is 749. The van der Waals surface area contributed by atoms with E-state index in [1.54, 1.807) is 0 Å². The van der Waals surface area contributed by atoms with Crippen molar-refractivity contribution >= 4 is 8.07 Å². The van der Waals surface area contributed by atoms with Gasteiger partial charge in [-0.25, -0.2) is 0 Å². The fraction of sp³-hybridized carbons (Fsp3) is 0.519. The molecule has 0 heterocycles. The molecule has 2 aromatic rings. The lowest BCUT2D eigenvalue weighted by Crippen LogP contribution is -2.30. The van der Waals surface area contributed by atoms with E-state index in [9.17, 15) is 0 Å². The van der Waals surface area contributed by atoms with E-state index in [1.165, 1.54) is 56.3 Å². The third-order valence-electron chi connectivity index (χ3n) is 6.82. The Balaban J connectivity index is 1.58. The van der Waals surface area contributed by atoms with Crippen LogP contribution < -0.4 is 4.74 Å². The molecule has 0 bridgehead atoms. The van der Waals surface area contributed by atoms with Crippen molar-refractivity contribution in [1.29, 1.82) is 5.26 Å². The average Bonchev–Trinajstić information content (AvgIpc) is 2.81. The summed E-state index contributed by atoms with van der Waals surface area (Å²) in [6.07, 6.45) is 7.97. The maximum atomic E-state index is 8.90. The molecule has 162 valence electrons. The maximum Gasteiger partial charge on any atom is 0.119 e. The number of nitriles is 1. The highest BCUT2D eigenvalue weighted by atomic mass is 28.3. The minimum Gasteiger partial charge on any atom is -0.494 e. The number of hydrogen-bond donors (Lipinski definition) is 0. The summed E-state index contributed by atoms with van der Waals surface area (Å²) in [5.41, 5.74) is 2.96. The largest absolute Gasteiger partial charge is 0.494 e. The molecule has 0 aromatic heterocycles. The van der Waals surface area contributed by atoms with Crippen molar-refractivity contribution in [3.8, 4) is 22.9 Å². The molecule has 0 saturated heterocycles. The van der Waals surface area contributed by atoms with Gasteiger partial charge in [0, 0.05) is 0 Å². The van der Waals surface area contributed by atoms with E-state index in [0.29, 0.717) is 5.56 Å². The third kappa shape index (κ3) is 7.65. The second-order valence-electron chi connectivity index (χ2n) is 8.49. The lowest BCUT2D eigenvalue weighted by Gasteiger charge is -2.28. The van der Waals surface area contributed by atoms with E-state index < -0.39 is 8.07 Å². The van der Waals surface area contributed by atoms with Gasteiger partial charge in [-0.2, -0.15) is 5.26 Å². The van der Waals surface area contributed by atoms with Crippen LogP contribution in [0.4, 0.5) is 0 Å². The first-order valence-corrected chi connectivity index (χ1v) is 14.7. The first-order valence-electron chi connectivity index (χ1n) is 11.9. The summed E-state index contributed by atoms with van der Waals surface area (Å²) in [6, 6.07) is 24.0. The first-order chi connectivity index (χ1) is 14.7. The summed E-state index contributed by atoms with van der Waals surface area (Å²) in [4.78, 5) is 0. The summed E-state index contributed by atoms with van der Waals surface area (Å²) in [6.45, 7) is 8.05. The molecule has 0 unspecified atom stereocenters. The van der Waals surface area contributed by atoms with E-state index in [4.69, 9.17) is 10.00 Å². The molecule has 0 saturated carbocycles. The van der Waals surface area contributed by atoms with Crippen LogP contribution in [0.2, 0.25) is 24.2 Å². The summed E-state index contributed by atoms with van der Waals surface area (Å²) in [7, 11) is -0.899. The van der Waals surface area contributed by atoms with Crippen molar-refractivity contribution in [2.24, 2.45) is 0 Å². The maximum absolute atomic E-state index is 8.90. The van der Waals surface area contributed by atoms with Crippen molar-refractivity contribution in [3.05, 3.63) is 54.1 Å². The molecule has 0 aliphatic carbocycles. The van der Waals surface area contributed by atoms with Gasteiger partial charge in [0.15, 0.2) is 0 Å². The fourth-order valence-corrected chi connectivity index (χ4v) is 7.82. The summed E-state index contributed by atoms with van der Waals surface area (Å²) < 4.78 is 5.91. The molecule has 0 atom stereocenters. The quantitative estimate of drug-likeness (QED) is 0.226. The van der Waals surface area contributed by atoms with Crippen LogP contribution in [0.5, 0.6) is 5.75 Å². The zero-order chi connectivity index (χ0) is 21.7. The van der Waals surface area contributed by atoms with Gasteiger partial charge in [-0.3, -0.25) is 0 Å². The molecule has 2 nitrogen and oxygen atoms in total. The molecule has 0 N–H and O–H groups in total. The Morgan fingerprint density at radius 2 is 1.20 bits per heavy atom. The van der Waals surface area contributed by atoms with Crippen LogP contribution in [-0.4, -0.2) is 14.7 Å². The zero-order valence-corrected chi connectivity index (χ0v) is 20.3. The highest BCUT2D eigenvalue weighted by molar-refractivity contribution is 6.79. The van der Waals surface area contributed by atoms with Crippen molar-refractivity contribution in [2.45, 2.75) is 83.5 Å². The second kappa shape index (κ2) is 13.3. The van der Waals surface area contributed by atoms with Gasteiger partial charge in [-0.15, -0.1) is 0 Å². The van der Waals surface area contributed by atoms with Crippen LogP contribution in [0, 0.1) is 11.3 Å². The standard InChI is InChI=1S/C27H39NOSi/c1-4-30(5-2,6-3)22-12-10-8-7-9-11-21-29-27-19-17-26(18-20-27)25-15-13-24(23-28)14-16-25/h13-20H,4-12,21-22H2,1-3H3. The van der Waals surface area contributed by atoms with Crippen LogP contribution in [0.15, 0.2) is 48.5 Å². The predicted molar refractivity (Wildman–Crippen MR) is 132 cm³/mol. The molecule has 0 amide bonds. The molecule has 2 rings (SSSR count). The van der Waals surface area contributed by atoms with Gasteiger partial charge < -0.3 is 4.74 Å². The van der Waals surface area contributed by atoms with Gasteiger partial charge in [0.25, 0.3) is 0 Å². The van der Waals surface area contributed by atoms with Gasteiger partial charge in [0.1, 0.15) is 5.75 Å². The van der Waals surface area contributed by atoms with Gasteiger partial charge >= 0.3 is 0 Å². The number of benzene rings is 2. The van der Waals surface area contributed by atoms with Crippen LogP contribution in [0.3, 0.4) is 0 Å². The molecule has 0 fully saturated rings. The number of hydrogen-bond acceptors (Lipinski definition) is 2. The van der Waals surface area contributed by atoms with E-state index in [-0.39, 0.29) is 0 Å². The minimum absolute atomic E-state index is 0.691. The molecule has 0 radical (unpaired) electrons. The summed E-state index contributed by atoms with van der Waals surface area (Å²) in [5.74, 6) is 0.937. The predicted octanol–water partition coefficient (Wildman–Crippen LogP) is 8.45. The van der Waals surface area contributed by atoms with Crippen LogP contribution in [0.1, 0.15) is 64.9 Å². The topological polar surface area (TPSA) is 33.0 Å². The smallest absolute Gasteiger partial charge is 0.119 e. The number of unbranched alkanes of at least 4 members (excludes halogenated alkanes) is 5. The molecule has 2 aromatic carbocycles. The molecular formula is C27H39NOSi. The SMILES string of the molecule is CC[Si](CC)(CC)CCCCCCCCOc1ccc(-c2ccc(C#N)cc2)cc1. The molecular weight excluding hydrogens is 382 g/mol. The number of nitrogens with zero attached hydrogens (tertiary/aromatic N) is 1. The molecule has 0 aliphatic rings. The lowest BCUT2D eigenvalue weighted by molar-refractivity contribution is 0.304. The minimum atomic E-state index is -0.899. The second-order valence-corrected chi connectivity index (χ2v) is 14.1. The van der Waals surface area contributed by atoms with E-state index in [0.717, 1.165) is 29.9 Å². The normalized spacial score (nSPS) is 11.3. The molecule has 0 spiro atoms. The van der Waals surface area contributed by atoms with Crippen LogP contribution in [-0.2, 0) is 0 Å². The lowest BCUT2D eigenvalue weighted by atomic mass is 10.0.